The first-order chi connectivity index (χ1) is 16.5. The average Bonchev–Trinajstić information content (AvgIpc) is 3.53. The van der Waals surface area contributed by atoms with Crippen LogP contribution in [0.25, 0.3) is 0 Å². The molecule has 2 aliphatic rings. The van der Waals surface area contributed by atoms with Gasteiger partial charge >= 0.3 is 0 Å². The highest BCUT2D eigenvalue weighted by Crippen LogP contribution is 2.49. The lowest BCUT2D eigenvalue weighted by molar-refractivity contribution is 0.166. The zero-order valence-electron chi connectivity index (χ0n) is 19.6. The van der Waals surface area contributed by atoms with Gasteiger partial charge in [0.2, 0.25) is 10.0 Å². The SMILES string of the molecule is CN(C[C@H](CCN1CCC2(CC1)CSc1ccccc12)c1ccsc1)S(=O)(=O)c1ccccc1. The Labute approximate surface area is 212 Å². The van der Waals surface area contributed by atoms with Crippen LogP contribution in [0.2, 0.25) is 0 Å². The fourth-order valence-electron chi connectivity index (χ4n) is 5.33. The van der Waals surface area contributed by atoms with E-state index < -0.39 is 10.0 Å². The normalized spacial score (nSPS) is 18.9. The number of nitrogens with zero attached hydrogens (tertiary/aromatic N) is 2. The highest BCUT2D eigenvalue weighted by molar-refractivity contribution is 7.99. The largest absolute Gasteiger partial charge is 0.303 e. The summed E-state index contributed by atoms with van der Waals surface area (Å²) in [6.07, 6.45) is 3.38. The standard InChI is InChI=1S/C27H32N2O2S3/c1-28(34(30,31)24-7-3-2-4-8-24)19-22(23-12-18-32-20-23)11-15-29-16-13-27(14-17-29)21-33-26-10-6-5-9-25(26)27/h2-10,12,18,20,22H,11,13-17,19,21H2,1H3/t22-/m0/s1. The van der Waals surface area contributed by atoms with Crippen LogP contribution in [0, 0.1) is 0 Å². The van der Waals surface area contributed by atoms with Crippen molar-refractivity contribution in [3.05, 3.63) is 82.6 Å². The first kappa shape index (κ1) is 24.1. The highest BCUT2D eigenvalue weighted by Gasteiger charge is 2.41. The minimum atomic E-state index is -3.49. The quantitative estimate of drug-likeness (QED) is 0.389. The number of piperidine rings is 1. The molecule has 0 N–H and O–H groups in total. The summed E-state index contributed by atoms with van der Waals surface area (Å²) in [4.78, 5) is 4.41. The summed E-state index contributed by atoms with van der Waals surface area (Å²) < 4.78 is 27.7. The molecule has 0 aliphatic carbocycles. The molecule has 3 aromatic rings. The number of fused-ring (bicyclic) bond motifs is 2. The molecule has 34 heavy (non-hydrogen) atoms. The van der Waals surface area contributed by atoms with Crippen molar-refractivity contribution < 1.29 is 8.42 Å². The lowest BCUT2D eigenvalue weighted by atomic mass is 9.74. The van der Waals surface area contributed by atoms with Crippen LogP contribution >= 0.6 is 23.1 Å². The molecular weight excluding hydrogens is 481 g/mol. The van der Waals surface area contributed by atoms with Gasteiger partial charge < -0.3 is 4.90 Å². The van der Waals surface area contributed by atoms with Crippen LogP contribution in [0.1, 0.15) is 36.3 Å². The summed E-state index contributed by atoms with van der Waals surface area (Å²) in [7, 11) is -1.78. The van der Waals surface area contributed by atoms with Gasteiger partial charge in [-0.2, -0.15) is 11.3 Å². The van der Waals surface area contributed by atoms with Crippen LogP contribution in [0.5, 0.6) is 0 Å². The van der Waals surface area contributed by atoms with Gasteiger partial charge in [0.05, 0.1) is 4.90 Å². The molecule has 5 rings (SSSR count). The number of thiophene rings is 1. The van der Waals surface area contributed by atoms with Crippen LogP contribution in [-0.4, -0.2) is 56.6 Å². The molecule has 0 unspecified atom stereocenters. The Balaban J connectivity index is 1.22. The van der Waals surface area contributed by atoms with E-state index in [0.717, 1.165) is 26.1 Å². The summed E-state index contributed by atoms with van der Waals surface area (Å²) in [5.41, 5.74) is 3.15. The van der Waals surface area contributed by atoms with Crippen LogP contribution in [0.4, 0.5) is 0 Å². The molecule has 0 bridgehead atoms. The summed E-state index contributed by atoms with van der Waals surface area (Å²) in [6.45, 7) is 3.73. The molecule has 0 radical (unpaired) electrons. The maximum Gasteiger partial charge on any atom is 0.242 e. The molecule has 7 heteroatoms. The molecule has 2 aromatic carbocycles. The Hall–Kier alpha value is -1.64. The fourth-order valence-corrected chi connectivity index (χ4v) is 8.80. The zero-order valence-corrected chi connectivity index (χ0v) is 22.0. The molecule has 3 heterocycles. The first-order valence-electron chi connectivity index (χ1n) is 12.0. The van der Waals surface area contributed by atoms with Gasteiger partial charge in [-0.3, -0.25) is 0 Å². The third kappa shape index (κ3) is 4.86. The molecule has 1 atom stereocenters. The molecule has 180 valence electrons. The molecule has 0 saturated carbocycles. The van der Waals surface area contributed by atoms with E-state index in [1.807, 2.05) is 17.8 Å². The number of sulfonamides is 1. The minimum Gasteiger partial charge on any atom is -0.303 e. The molecule has 1 fully saturated rings. The Morgan fingerprint density at radius 3 is 2.50 bits per heavy atom. The molecule has 4 nitrogen and oxygen atoms in total. The van der Waals surface area contributed by atoms with E-state index in [1.54, 1.807) is 48.2 Å². The molecule has 1 saturated heterocycles. The molecule has 1 aromatic heterocycles. The van der Waals surface area contributed by atoms with Crippen LogP contribution in [-0.2, 0) is 15.4 Å². The first-order valence-corrected chi connectivity index (χ1v) is 15.3. The maximum absolute atomic E-state index is 13.1. The van der Waals surface area contributed by atoms with Crippen LogP contribution in [0.15, 0.2) is 81.2 Å². The van der Waals surface area contributed by atoms with Gasteiger partial charge in [0, 0.05) is 29.7 Å². The smallest absolute Gasteiger partial charge is 0.242 e. The van der Waals surface area contributed by atoms with Gasteiger partial charge in [-0.1, -0.05) is 36.4 Å². The Morgan fingerprint density at radius 1 is 1.03 bits per heavy atom. The second-order valence-corrected chi connectivity index (χ2v) is 13.4. The van der Waals surface area contributed by atoms with E-state index in [0.29, 0.717) is 16.9 Å². The highest BCUT2D eigenvalue weighted by atomic mass is 32.2. The predicted octanol–water partition coefficient (Wildman–Crippen LogP) is 5.68. The van der Waals surface area contributed by atoms with Crippen molar-refractivity contribution in [1.29, 1.82) is 0 Å². The Morgan fingerprint density at radius 2 is 1.76 bits per heavy atom. The van der Waals surface area contributed by atoms with Gasteiger partial charge in [-0.15, -0.1) is 11.8 Å². The number of rotatable bonds is 8. The van der Waals surface area contributed by atoms with E-state index >= 15 is 0 Å². The van der Waals surface area contributed by atoms with E-state index in [-0.39, 0.29) is 5.92 Å². The molecule has 2 aliphatic heterocycles. The third-order valence-electron chi connectivity index (χ3n) is 7.51. The van der Waals surface area contributed by atoms with E-state index in [4.69, 9.17) is 0 Å². The summed E-state index contributed by atoms with van der Waals surface area (Å²) in [5.74, 6) is 1.40. The van der Waals surface area contributed by atoms with Gasteiger partial charge in [0.1, 0.15) is 0 Å². The topological polar surface area (TPSA) is 40.6 Å². The monoisotopic (exact) mass is 512 g/mol. The number of thioether (sulfide) groups is 1. The minimum absolute atomic E-state index is 0.188. The Bertz CT molecular complexity index is 1190. The van der Waals surface area contributed by atoms with Gasteiger partial charge in [0.15, 0.2) is 0 Å². The molecule has 1 spiro atoms. The Kier molecular flexibility index (Phi) is 7.19. The maximum atomic E-state index is 13.1. The van der Waals surface area contributed by atoms with E-state index in [1.165, 1.54) is 33.4 Å². The van der Waals surface area contributed by atoms with Crippen molar-refractivity contribution in [2.24, 2.45) is 0 Å². The number of hydrogen-bond donors (Lipinski definition) is 0. The van der Waals surface area contributed by atoms with Crippen molar-refractivity contribution in [2.45, 2.75) is 40.4 Å². The van der Waals surface area contributed by atoms with Crippen LogP contribution < -0.4 is 0 Å². The number of hydrogen-bond acceptors (Lipinski definition) is 5. The number of likely N-dealkylation sites (tertiary alicyclic amines) is 1. The second-order valence-electron chi connectivity index (χ2n) is 9.55. The van der Waals surface area contributed by atoms with Crippen molar-refractivity contribution in [3.63, 3.8) is 0 Å². The third-order valence-corrected chi connectivity index (χ3v) is 11.4. The van der Waals surface area contributed by atoms with Gasteiger partial charge in [-0.25, -0.2) is 12.7 Å². The summed E-state index contributed by atoms with van der Waals surface area (Å²) in [6, 6.07) is 19.8. The van der Waals surface area contributed by atoms with E-state index in [2.05, 4.69) is 46.0 Å². The lowest BCUT2D eigenvalue weighted by Crippen LogP contribution is -2.43. The average molecular weight is 513 g/mol. The van der Waals surface area contributed by atoms with Crippen molar-refractivity contribution in [3.8, 4) is 0 Å². The number of benzene rings is 2. The zero-order chi connectivity index (χ0) is 23.6. The second kappa shape index (κ2) is 10.2. The van der Waals surface area contributed by atoms with Crippen molar-refractivity contribution in [2.75, 3.05) is 39.0 Å². The predicted molar refractivity (Wildman–Crippen MR) is 142 cm³/mol. The van der Waals surface area contributed by atoms with Crippen molar-refractivity contribution in [1.82, 2.24) is 9.21 Å². The number of likely N-dealkylation sites (N-methyl/N-ethyl adjacent to an activating group) is 1. The van der Waals surface area contributed by atoms with Crippen molar-refractivity contribution >= 4 is 33.1 Å². The fraction of sp³-hybridized carbons (Fsp3) is 0.407. The molecular formula is C27H32N2O2S3. The lowest BCUT2D eigenvalue weighted by Gasteiger charge is -2.40. The van der Waals surface area contributed by atoms with Gasteiger partial charge in [-0.05, 0) is 91.0 Å². The summed E-state index contributed by atoms with van der Waals surface area (Å²) in [5, 5.41) is 4.26. The van der Waals surface area contributed by atoms with Gasteiger partial charge in [0.25, 0.3) is 0 Å². The molecule has 0 amide bonds. The van der Waals surface area contributed by atoms with Crippen LogP contribution in [0.3, 0.4) is 0 Å². The van der Waals surface area contributed by atoms with E-state index in [9.17, 15) is 8.42 Å². The summed E-state index contributed by atoms with van der Waals surface area (Å²) >= 11 is 3.70.